The van der Waals surface area contributed by atoms with Crippen molar-refractivity contribution in [3.05, 3.63) is 35.9 Å². The number of nitrogens with one attached hydrogen (secondary N) is 3. The number of carbonyl (C=O) groups is 2. The van der Waals surface area contributed by atoms with E-state index in [9.17, 15) is 9.59 Å². The van der Waals surface area contributed by atoms with Gasteiger partial charge in [0.15, 0.2) is 0 Å². The highest BCUT2D eigenvalue weighted by atomic mass is 16.5. The Balaban J connectivity index is 1.47. The van der Waals surface area contributed by atoms with E-state index in [-0.39, 0.29) is 23.8 Å². The minimum atomic E-state index is -0.217. The zero-order valence-corrected chi connectivity index (χ0v) is 21.6. The Morgan fingerprint density at radius 3 is 2.51 bits per heavy atom. The van der Waals surface area contributed by atoms with E-state index in [0.717, 1.165) is 50.7 Å². The molecule has 8 heteroatoms. The van der Waals surface area contributed by atoms with Gasteiger partial charge >= 0.3 is 6.03 Å². The second-order valence-electron chi connectivity index (χ2n) is 9.99. The molecule has 1 aliphatic carbocycles. The van der Waals surface area contributed by atoms with Crippen LogP contribution in [0, 0.1) is 23.7 Å². The summed E-state index contributed by atoms with van der Waals surface area (Å²) in [4.78, 5) is 27.4. The summed E-state index contributed by atoms with van der Waals surface area (Å²) in [6.07, 6.45) is 3.75. The highest BCUT2D eigenvalue weighted by molar-refractivity contribution is 5.89. The first-order valence-corrected chi connectivity index (χ1v) is 12.8. The average molecular weight is 487 g/mol. The minimum Gasteiger partial charge on any atom is -0.497 e. The Labute approximate surface area is 209 Å². The molecule has 1 aromatic carbocycles. The van der Waals surface area contributed by atoms with Crippen molar-refractivity contribution in [1.29, 1.82) is 0 Å². The molecule has 2 aliphatic rings. The molecule has 1 saturated heterocycles. The summed E-state index contributed by atoms with van der Waals surface area (Å²) in [6, 6.07) is 7.05. The van der Waals surface area contributed by atoms with E-state index >= 15 is 0 Å². The van der Waals surface area contributed by atoms with Crippen LogP contribution in [0.2, 0.25) is 0 Å². The molecule has 1 heterocycles. The number of rotatable bonds is 10. The van der Waals surface area contributed by atoms with Crippen molar-refractivity contribution >= 4 is 17.6 Å². The van der Waals surface area contributed by atoms with Crippen molar-refractivity contribution in [3.63, 3.8) is 0 Å². The summed E-state index contributed by atoms with van der Waals surface area (Å²) < 4.78 is 10.5. The molecule has 3 amide bonds. The Bertz CT molecular complexity index is 849. The van der Waals surface area contributed by atoms with Gasteiger partial charge in [0.2, 0.25) is 5.91 Å². The topological polar surface area (TPSA) is 91.9 Å². The number of methoxy groups -OCH3 is 1. The van der Waals surface area contributed by atoms with Crippen molar-refractivity contribution in [2.75, 3.05) is 58.4 Å². The van der Waals surface area contributed by atoms with Crippen LogP contribution in [0.25, 0.3) is 0 Å². The van der Waals surface area contributed by atoms with E-state index in [1.807, 2.05) is 24.3 Å². The van der Waals surface area contributed by atoms with Crippen LogP contribution in [-0.2, 0) is 9.53 Å². The number of carbonyl (C=O) groups excluding carboxylic acids is 2. The fourth-order valence-corrected chi connectivity index (χ4v) is 5.04. The lowest BCUT2D eigenvalue weighted by Gasteiger charge is -2.37. The van der Waals surface area contributed by atoms with Gasteiger partial charge in [0.25, 0.3) is 0 Å². The maximum atomic E-state index is 12.6. The number of morpholine rings is 1. The van der Waals surface area contributed by atoms with Gasteiger partial charge in [-0.3, -0.25) is 9.69 Å². The summed E-state index contributed by atoms with van der Waals surface area (Å²) in [5, 5.41) is 9.01. The summed E-state index contributed by atoms with van der Waals surface area (Å²) in [7, 11) is 1.61. The Morgan fingerprint density at radius 1 is 1.14 bits per heavy atom. The van der Waals surface area contributed by atoms with Gasteiger partial charge < -0.3 is 25.4 Å². The van der Waals surface area contributed by atoms with E-state index in [2.05, 4.69) is 47.7 Å². The van der Waals surface area contributed by atoms with Gasteiger partial charge in [-0.25, -0.2) is 4.79 Å². The third-order valence-electron chi connectivity index (χ3n) is 7.22. The van der Waals surface area contributed by atoms with Crippen LogP contribution in [0.1, 0.15) is 33.6 Å². The number of nitrogens with zero attached hydrogens (tertiary/aromatic N) is 1. The third-order valence-corrected chi connectivity index (χ3v) is 7.22. The molecule has 0 saturated carbocycles. The van der Waals surface area contributed by atoms with Crippen LogP contribution < -0.4 is 20.7 Å². The first-order valence-electron chi connectivity index (χ1n) is 12.8. The van der Waals surface area contributed by atoms with Gasteiger partial charge in [0.1, 0.15) is 5.75 Å². The average Bonchev–Trinajstić information content (AvgIpc) is 2.85. The zero-order chi connectivity index (χ0) is 25.2. The molecule has 3 N–H and O–H groups in total. The molecule has 1 fully saturated rings. The lowest BCUT2D eigenvalue weighted by molar-refractivity contribution is -0.122. The number of ether oxygens (including phenoxy) is 2. The van der Waals surface area contributed by atoms with Crippen molar-refractivity contribution < 1.29 is 19.1 Å². The molecule has 0 spiro atoms. The van der Waals surface area contributed by atoms with Crippen LogP contribution in [0.3, 0.4) is 0 Å². The number of allylic oxidation sites excluding steroid dienone is 1. The molecule has 0 aromatic heterocycles. The van der Waals surface area contributed by atoms with Gasteiger partial charge in [-0.05, 0) is 61.3 Å². The molecule has 1 aromatic rings. The molecule has 3 rings (SSSR count). The second kappa shape index (κ2) is 13.5. The van der Waals surface area contributed by atoms with Crippen LogP contribution in [0.5, 0.6) is 5.75 Å². The molecule has 8 nitrogen and oxygen atoms in total. The van der Waals surface area contributed by atoms with Crippen LogP contribution in [-0.4, -0.2) is 69.9 Å². The number of hydrogen-bond acceptors (Lipinski definition) is 5. The van der Waals surface area contributed by atoms with E-state index in [1.165, 1.54) is 5.57 Å². The summed E-state index contributed by atoms with van der Waals surface area (Å²) in [5.74, 6) is 2.23. The highest BCUT2D eigenvalue weighted by Gasteiger charge is 2.32. The molecule has 0 unspecified atom stereocenters. The van der Waals surface area contributed by atoms with Crippen LogP contribution in [0.15, 0.2) is 35.9 Å². The first-order chi connectivity index (χ1) is 16.9. The van der Waals surface area contributed by atoms with E-state index < -0.39 is 0 Å². The first kappa shape index (κ1) is 27.0. The molecular formula is C27H42N4O4. The minimum absolute atomic E-state index is 0.119. The van der Waals surface area contributed by atoms with E-state index in [0.29, 0.717) is 31.3 Å². The molecule has 194 valence electrons. The van der Waals surface area contributed by atoms with Crippen LogP contribution >= 0.6 is 0 Å². The number of amides is 3. The van der Waals surface area contributed by atoms with E-state index in [4.69, 9.17) is 9.47 Å². The molecule has 3 atom stereocenters. The van der Waals surface area contributed by atoms with Crippen molar-refractivity contribution in [2.24, 2.45) is 23.7 Å². The van der Waals surface area contributed by atoms with Crippen molar-refractivity contribution in [2.45, 2.75) is 33.6 Å². The predicted molar refractivity (Wildman–Crippen MR) is 139 cm³/mol. The Morgan fingerprint density at radius 2 is 1.86 bits per heavy atom. The maximum Gasteiger partial charge on any atom is 0.319 e. The monoisotopic (exact) mass is 486 g/mol. The Hall–Kier alpha value is -2.58. The number of anilines is 1. The SMILES string of the molecule is COc1ccc(NC(=O)NC[C@@H]2C=C(C)[C@H](CC(=O)NCCN3CCOCC3)C[C@H]2C(C)C)cc1. The fraction of sp³-hybridized carbons (Fsp3) is 0.630. The van der Waals surface area contributed by atoms with Crippen molar-refractivity contribution in [1.82, 2.24) is 15.5 Å². The summed E-state index contributed by atoms with van der Waals surface area (Å²) >= 11 is 0. The van der Waals surface area contributed by atoms with Gasteiger partial charge in [0, 0.05) is 44.8 Å². The maximum absolute atomic E-state index is 12.6. The number of urea groups is 1. The molecule has 35 heavy (non-hydrogen) atoms. The van der Waals surface area contributed by atoms with E-state index in [1.54, 1.807) is 7.11 Å². The lowest BCUT2D eigenvalue weighted by Crippen LogP contribution is -2.42. The number of benzene rings is 1. The summed E-state index contributed by atoms with van der Waals surface area (Å²) in [6.45, 7) is 12.1. The zero-order valence-electron chi connectivity index (χ0n) is 21.6. The third kappa shape index (κ3) is 8.54. The molecule has 0 radical (unpaired) electrons. The lowest BCUT2D eigenvalue weighted by atomic mass is 9.70. The standard InChI is InChI=1S/C27H42N4O4/c1-19(2)25-16-21(17-26(32)28-9-10-31-11-13-35-14-12-31)20(3)15-22(25)18-29-27(33)30-23-5-7-24(34-4)8-6-23/h5-8,15,19,21-22,25H,9-14,16-18H2,1-4H3,(H,28,32)(H2,29,30,33)/t21-,22-,25-/m0/s1. The molecule has 0 bridgehead atoms. The number of hydrogen-bond donors (Lipinski definition) is 3. The fourth-order valence-electron chi connectivity index (χ4n) is 5.04. The smallest absolute Gasteiger partial charge is 0.319 e. The largest absolute Gasteiger partial charge is 0.497 e. The van der Waals surface area contributed by atoms with Crippen LogP contribution in [0.4, 0.5) is 10.5 Å². The normalized spacial score (nSPS) is 22.9. The van der Waals surface area contributed by atoms with Crippen molar-refractivity contribution in [3.8, 4) is 5.75 Å². The molecule has 1 aliphatic heterocycles. The van der Waals surface area contributed by atoms with Gasteiger partial charge in [-0.1, -0.05) is 25.5 Å². The molecular weight excluding hydrogens is 444 g/mol. The highest BCUT2D eigenvalue weighted by Crippen LogP contribution is 2.38. The van der Waals surface area contributed by atoms with Gasteiger partial charge in [-0.2, -0.15) is 0 Å². The quantitative estimate of drug-likeness (QED) is 0.440. The van der Waals surface area contributed by atoms with Gasteiger partial charge in [-0.15, -0.1) is 0 Å². The van der Waals surface area contributed by atoms with Gasteiger partial charge in [0.05, 0.1) is 20.3 Å². The summed E-state index contributed by atoms with van der Waals surface area (Å²) in [5.41, 5.74) is 1.96. The Kier molecular flexibility index (Phi) is 10.4. The predicted octanol–water partition coefficient (Wildman–Crippen LogP) is 3.51. The second-order valence-corrected chi connectivity index (χ2v) is 9.99.